The van der Waals surface area contributed by atoms with Crippen LogP contribution in [0.5, 0.6) is 11.6 Å². The molecule has 1 N–H and O–H groups in total. The smallest absolute Gasteiger partial charge is 0.238 e. The van der Waals surface area contributed by atoms with Crippen molar-refractivity contribution in [2.24, 2.45) is 0 Å². The molecule has 0 atom stereocenters. The van der Waals surface area contributed by atoms with E-state index in [0.29, 0.717) is 29.2 Å². The van der Waals surface area contributed by atoms with Gasteiger partial charge < -0.3 is 10.1 Å². The maximum atomic E-state index is 5.82. The summed E-state index contributed by atoms with van der Waals surface area (Å²) in [6.07, 6.45) is 3.11. The Hall–Kier alpha value is -1.72. The number of rotatable bonds is 5. The zero-order chi connectivity index (χ0) is 13.7. The molecule has 0 fully saturated rings. The van der Waals surface area contributed by atoms with Crippen LogP contribution in [0.3, 0.4) is 0 Å². The van der Waals surface area contributed by atoms with Gasteiger partial charge in [0.1, 0.15) is 5.75 Å². The lowest BCUT2D eigenvalue weighted by Crippen LogP contribution is -2.22. The van der Waals surface area contributed by atoms with E-state index in [1.165, 1.54) is 0 Å². The number of hydrogen-bond acceptors (Lipinski definition) is 5. The third-order valence-electron chi connectivity index (χ3n) is 2.29. The zero-order valence-electron chi connectivity index (χ0n) is 10.8. The number of nitrogens with one attached hydrogen (secondary N) is 1. The van der Waals surface area contributed by atoms with Crippen molar-refractivity contribution in [3.8, 4) is 11.6 Å². The molecule has 0 aliphatic heterocycles. The van der Waals surface area contributed by atoms with Crippen molar-refractivity contribution < 1.29 is 4.74 Å². The fourth-order valence-electron chi connectivity index (χ4n) is 1.37. The summed E-state index contributed by atoms with van der Waals surface area (Å²) in [7, 11) is 0. The Morgan fingerprint density at radius 1 is 1.26 bits per heavy atom. The molecule has 0 amide bonds. The second-order valence-electron chi connectivity index (χ2n) is 4.34. The van der Waals surface area contributed by atoms with E-state index in [0.717, 1.165) is 5.69 Å². The molecule has 0 saturated carbocycles. The van der Waals surface area contributed by atoms with Crippen LogP contribution in [0.1, 0.15) is 19.5 Å². The van der Waals surface area contributed by atoms with Gasteiger partial charge in [0.05, 0.1) is 16.9 Å². The highest BCUT2D eigenvalue weighted by atomic mass is 35.5. The Morgan fingerprint density at radius 2 is 2.11 bits per heavy atom. The SMILES string of the molecule is CC(C)NCc1ccc(Oc2cncc(Cl)c2)nn1. The van der Waals surface area contributed by atoms with Crippen LogP contribution in [0.15, 0.2) is 30.6 Å². The minimum absolute atomic E-state index is 0.412. The summed E-state index contributed by atoms with van der Waals surface area (Å²) in [5.74, 6) is 0.951. The Kier molecular flexibility index (Phi) is 4.65. The van der Waals surface area contributed by atoms with E-state index in [1.54, 1.807) is 24.5 Å². The molecule has 0 unspecified atom stereocenters. The Bertz CT molecular complexity index is 530. The van der Waals surface area contributed by atoms with Crippen molar-refractivity contribution in [3.63, 3.8) is 0 Å². The molecule has 0 saturated heterocycles. The minimum Gasteiger partial charge on any atom is -0.436 e. The second kappa shape index (κ2) is 6.45. The van der Waals surface area contributed by atoms with Crippen molar-refractivity contribution in [1.29, 1.82) is 0 Å². The monoisotopic (exact) mass is 278 g/mol. The predicted octanol–water partition coefficient (Wildman–Crippen LogP) is 2.82. The molecule has 0 radical (unpaired) electrons. The van der Waals surface area contributed by atoms with Gasteiger partial charge in [-0.2, -0.15) is 5.10 Å². The molecule has 0 aliphatic rings. The van der Waals surface area contributed by atoms with Crippen LogP contribution in [0, 0.1) is 0 Å². The largest absolute Gasteiger partial charge is 0.436 e. The van der Waals surface area contributed by atoms with Gasteiger partial charge in [-0.3, -0.25) is 4.98 Å². The van der Waals surface area contributed by atoms with Crippen molar-refractivity contribution in [2.45, 2.75) is 26.4 Å². The average molecular weight is 279 g/mol. The van der Waals surface area contributed by atoms with Gasteiger partial charge in [-0.15, -0.1) is 5.10 Å². The Balaban J connectivity index is 1.98. The number of aromatic nitrogens is 3. The van der Waals surface area contributed by atoms with Crippen LogP contribution in [0.2, 0.25) is 5.02 Å². The van der Waals surface area contributed by atoms with Crippen molar-refractivity contribution in [3.05, 3.63) is 41.3 Å². The first kappa shape index (κ1) is 13.7. The molecule has 2 rings (SSSR count). The van der Waals surface area contributed by atoms with Gasteiger partial charge >= 0.3 is 0 Å². The van der Waals surface area contributed by atoms with Crippen LogP contribution in [-0.2, 0) is 6.54 Å². The first-order valence-corrected chi connectivity index (χ1v) is 6.35. The highest BCUT2D eigenvalue weighted by molar-refractivity contribution is 6.30. The van der Waals surface area contributed by atoms with Crippen molar-refractivity contribution >= 4 is 11.6 Å². The fraction of sp³-hybridized carbons (Fsp3) is 0.308. The van der Waals surface area contributed by atoms with Crippen LogP contribution >= 0.6 is 11.6 Å². The minimum atomic E-state index is 0.412. The van der Waals surface area contributed by atoms with Crippen LogP contribution in [0.25, 0.3) is 0 Å². The molecule has 5 nitrogen and oxygen atoms in total. The molecule has 0 aromatic carbocycles. The van der Waals surface area contributed by atoms with Crippen LogP contribution in [0.4, 0.5) is 0 Å². The van der Waals surface area contributed by atoms with Crippen molar-refractivity contribution in [1.82, 2.24) is 20.5 Å². The molecule has 0 aliphatic carbocycles. The van der Waals surface area contributed by atoms with E-state index in [2.05, 4.69) is 34.3 Å². The van der Waals surface area contributed by atoms with E-state index in [1.807, 2.05) is 6.07 Å². The molecule has 2 heterocycles. The normalized spacial score (nSPS) is 10.7. The van der Waals surface area contributed by atoms with E-state index in [4.69, 9.17) is 16.3 Å². The molecule has 6 heteroatoms. The maximum Gasteiger partial charge on any atom is 0.238 e. The van der Waals surface area contributed by atoms with E-state index >= 15 is 0 Å². The summed E-state index contributed by atoms with van der Waals surface area (Å²) < 4.78 is 5.50. The van der Waals surface area contributed by atoms with Gasteiger partial charge in [-0.25, -0.2) is 0 Å². The standard InChI is InChI=1S/C13H15ClN4O/c1-9(2)16-7-11-3-4-13(18-17-11)19-12-5-10(14)6-15-8-12/h3-6,8-9,16H,7H2,1-2H3. The lowest BCUT2D eigenvalue weighted by Gasteiger charge is -2.07. The lowest BCUT2D eigenvalue weighted by molar-refractivity contribution is 0.450. The summed E-state index contributed by atoms with van der Waals surface area (Å²) in [5, 5.41) is 11.9. The summed E-state index contributed by atoms with van der Waals surface area (Å²) in [6.45, 7) is 4.85. The molecule has 0 bridgehead atoms. The molecular formula is C13H15ClN4O. The molecule has 100 valence electrons. The van der Waals surface area contributed by atoms with E-state index in [-0.39, 0.29) is 0 Å². The highest BCUT2D eigenvalue weighted by Gasteiger charge is 2.02. The summed E-state index contributed by atoms with van der Waals surface area (Å²) >= 11 is 5.82. The Morgan fingerprint density at radius 3 is 2.74 bits per heavy atom. The topological polar surface area (TPSA) is 59.9 Å². The summed E-state index contributed by atoms with van der Waals surface area (Å²) in [6, 6.07) is 5.72. The molecule has 2 aromatic rings. The van der Waals surface area contributed by atoms with Gasteiger partial charge in [0, 0.05) is 30.9 Å². The number of nitrogens with zero attached hydrogens (tertiary/aromatic N) is 3. The first-order chi connectivity index (χ1) is 9.13. The van der Waals surface area contributed by atoms with E-state index in [9.17, 15) is 0 Å². The number of hydrogen-bond donors (Lipinski definition) is 1. The third-order valence-corrected chi connectivity index (χ3v) is 2.50. The lowest BCUT2D eigenvalue weighted by atomic mass is 10.3. The van der Waals surface area contributed by atoms with Gasteiger partial charge in [0.25, 0.3) is 0 Å². The van der Waals surface area contributed by atoms with Gasteiger partial charge in [0.15, 0.2) is 0 Å². The highest BCUT2D eigenvalue weighted by Crippen LogP contribution is 2.20. The quantitative estimate of drug-likeness (QED) is 0.911. The van der Waals surface area contributed by atoms with Crippen molar-refractivity contribution in [2.75, 3.05) is 0 Å². The Labute approximate surface area is 117 Å². The molecule has 2 aromatic heterocycles. The van der Waals surface area contributed by atoms with Gasteiger partial charge in [0.2, 0.25) is 5.88 Å². The van der Waals surface area contributed by atoms with Gasteiger partial charge in [-0.05, 0) is 6.07 Å². The van der Waals surface area contributed by atoms with Crippen LogP contribution < -0.4 is 10.1 Å². The number of ether oxygens (including phenoxy) is 1. The number of halogens is 1. The molecule has 19 heavy (non-hydrogen) atoms. The van der Waals surface area contributed by atoms with Gasteiger partial charge in [-0.1, -0.05) is 25.4 Å². The summed E-state index contributed by atoms with van der Waals surface area (Å²) in [4.78, 5) is 3.93. The van der Waals surface area contributed by atoms with E-state index < -0.39 is 0 Å². The fourth-order valence-corrected chi connectivity index (χ4v) is 1.54. The molecular weight excluding hydrogens is 264 g/mol. The average Bonchev–Trinajstić information content (AvgIpc) is 2.38. The third kappa shape index (κ3) is 4.46. The maximum absolute atomic E-state index is 5.82. The molecule has 0 spiro atoms. The first-order valence-electron chi connectivity index (χ1n) is 5.98. The van der Waals surface area contributed by atoms with Crippen LogP contribution in [-0.4, -0.2) is 21.2 Å². The predicted molar refractivity (Wildman–Crippen MR) is 73.3 cm³/mol. The number of pyridine rings is 1. The summed E-state index contributed by atoms with van der Waals surface area (Å²) in [5.41, 5.74) is 0.866. The zero-order valence-corrected chi connectivity index (χ0v) is 11.6. The second-order valence-corrected chi connectivity index (χ2v) is 4.78.